The zero-order valence-corrected chi connectivity index (χ0v) is 10.5. The Balaban J connectivity index is 2.15. The average molecular weight is 264 g/mol. The van der Waals surface area contributed by atoms with Gasteiger partial charge in [0.25, 0.3) is 11.5 Å². The first kappa shape index (κ1) is 13.1. The van der Waals surface area contributed by atoms with Gasteiger partial charge in [0.05, 0.1) is 6.04 Å². The van der Waals surface area contributed by atoms with Crippen molar-refractivity contribution in [3.05, 3.63) is 34.2 Å². The van der Waals surface area contributed by atoms with E-state index >= 15 is 0 Å². The molecule has 1 fully saturated rings. The topological polar surface area (TPSA) is 110 Å². The van der Waals surface area contributed by atoms with Crippen molar-refractivity contribution in [2.24, 2.45) is 23.9 Å². The minimum absolute atomic E-state index is 0.0142. The van der Waals surface area contributed by atoms with Gasteiger partial charge in [-0.15, -0.1) is 0 Å². The lowest BCUT2D eigenvalue weighted by atomic mass is 10.1. The van der Waals surface area contributed by atoms with Crippen molar-refractivity contribution >= 4 is 11.7 Å². The molecule has 19 heavy (non-hydrogen) atoms. The number of nitrogens with zero attached hydrogens (tertiary/aromatic N) is 2. The van der Waals surface area contributed by atoms with E-state index in [1.807, 2.05) is 0 Å². The fourth-order valence-electron chi connectivity index (χ4n) is 1.84. The molecule has 7 nitrogen and oxygen atoms in total. The second-order valence-corrected chi connectivity index (χ2v) is 4.68. The second kappa shape index (κ2) is 5.13. The van der Waals surface area contributed by atoms with Crippen LogP contribution in [0, 0.1) is 5.92 Å². The van der Waals surface area contributed by atoms with Crippen LogP contribution in [-0.2, 0) is 7.05 Å². The zero-order chi connectivity index (χ0) is 14.0. The summed E-state index contributed by atoms with van der Waals surface area (Å²) in [5.41, 5.74) is 5.56. The third-order valence-electron chi connectivity index (χ3n) is 3.18. The predicted octanol–water partition coefficient (Wildman–Crippen LogP) is -0.360. The first-order valence-electron chi connectivity index (χ1n) is 5.98. The quantitative estimate of drug-likeness (QED) is 0.298. The van der Waals surface area contributed by atoms with Gasteiger partial charge in [0.2, 0.25) is 0 Å². The molecular formula is C12H16N4O3. The molecule has 1 atom stereocenters. The number of aryl methyl sites for hydroxylation is 1. The van der Waals surface area contributed by atoms with E-state index < -0.39 is 11.9 Å². The van der Waals surface area contributed by atoms with Crippen LogP contribution in [0.2, 0.25) is 0 Å². The SMILES string of the molecule is Cn1ccc(C(=O)NC(/C(N)=N/O)C2CC2)cc1=O. The predicted molar refractivity (Wildman–Crippen MR) is 69.1 cm³/mol. The number of hydrogen-bond donors (Lipinski definition) is 3. The van der Waals surface area contributed by atoms with E-state index in [4.69, 9.17) is 10.9 Å². The highest BCUT2D eigenvalue weighted by Gasteiger charge is 2.35. The molecule has 0 radical (unpaired) electrons. The minimum atomic E-state index is -0.485. The molecule has 0 spiro atoms. The van der Waals surface area contributed by atoms with Gasteiger partial charge < -0.3 is 20.8 Å². The minimum Gasteiger partial charge on any atom is -0.409 e. The van der Waals surface area contributed by atoms with Crippen LogP contribution >= 0.6 is 0 Å². The molecule has 1 aliphatic carbocycles. The maximum absolute atomic E-state index is 12.0. The Morgan fingerprint density at radius 3 is 2.84 bits per heavy atom. The number of amidine groups is 1. The highest BCUT2D eigenvalue weighted by atomic mass is 16.4. The van der Waals surface area contributed by atoms with Crippen molar-refractivity contribution in [2.45, 2.75) is 18.9 Å². The summed E-state index contributed by atoms with van der Waals surface area (Å²) in [5.74, 6) is -0.215. The summed E-state index contributed by atoms with van der Waals surface area (Å²) in [5, 5.41) is 14.3. The summed E-state index contributed by atoms with van der Waals surface area (Å²) in [7, 11) is 1.60. The van der Waals surface area contributed by atoms with Gasteiger partial charge in [-0.1, -0.05) is 5.16 Å². The Bertz CT molecular complexity index is 575. The second-order valence-electron chi connectivity index (χ2n) is 4.68. The molecule has 1 heterocycles. The Morgan fingerprint density at radius 1 is 1.63 bits per heavy atom. The van der Waals surface area contributed by atoms with Crippen molar-refractivity contribution in [2.75, 3.05) is 0 Å². The molecule has 102 valence electrons. The van der Waals surface area contributed by atoms with Gasteiger partial charge >= 0.3 is 0 Å². The fourth-order valence-corrected chi connectivity index (χ4v) is 1.84. The lowest BCUT2D eigenvalue weighted by Gasteiger charge is -2.16. The van der Waals surface area contributed by atoms with Gasteiger partial charge in [-0.2, -0.15) is 0 Å². The Kier molecular flexibility index (Phi) is 3.55. The average Bonchev–Trinajstić information content (AvgIpc) is 3.22. The summed E-state index contributed by atoms with van der Waals surface area (Å²) < 4.78 is 1.37. The summed E-state index contributed by atoms with van der Waals surface area (Å²) in [6.45, 7) is 0. The molecule has 1 saturated carbocycles. The molecule has 0 bridgehead atoms. The molecule has 2 rings (SSSR count). The maximum atomic E-state index is 12.0. The van der Waals surface area contributed by atoms with Crippen molar-refractivity contribution in [3.63, 3.8) is 0 Å². The van der Waals surface area contributed by atoms with Gasteiger partial charge in [0.15, 0.2) is 5.84 Å². The van der Waals surface area contributed by atoms with Crippen molar-refractivity contribution in [1.82, 2.24) is 9.88 Å². The van der Waals surface area contributed by atoms with E-state index in [-0.39, 0.29) is 22.9 Å². The van der Waals surface area contributed by atoms with Crippen LogP contribution in [0.5, 0.6) is 0 Å². The molecule has 0 saturated heterocycles. The molecule has 1 aromatic rings. The van der Waals surface area contributed by atoms with E-state index in [2.05, 4.69) is 10.5 Å². The number of hydrogen-bond acceptors (Lipinski definition) is 4. The van der Waals surface area contributed by atoms with Crippen LogP contribution in [0.4, 0.5) is 0 Å². The molecule has 1 unspecified atom stereocenters. The molecule has 1 aromatic heterocycles. The van der Waals surface area contributed by atoms with Crippen molar-refractivity contribution < 1.29 is 10.0 Å². The standard InChI is InChI=1S/C12H16N4O3/c1-16-5-4-8(6-9(16)17)12(18)14-10(7-2-3-7)11(13)15-19/h4-7,10,19H,2-3H2,1H3,(H2,13,15)(H,14,18). The van der Waals surface area contributed by atoms with Crippen LogP contribution in [0.15, 0.2) is 28.3 Å². The van der Waals surface area contributed by atoms with Gasteiger partial charge in [-0.3, -0.25) is 9.59 Å². The first-order valence-corrected chi connectivity index (χ1v) is 5.98. The number of rotatable bonds is 4. The lowest BCUT2D eigenvalue weighted by Crippen LogP contribution is -2.46. The maximum Gasteiger partial charge on any atom is 0.252 e. The number of amides is 1. The van der Waals surface area contributed by atoms with E-state index in [0.29, 0.717) is 0 Å². The van der Waals surface area contributed by atoms with Gasteiger partial charge in [0.1, 0.15) is 0 Å². The van der Waals surface area contributed by atoms with Crippen molar-refractivity contribution in [3.8, 4) is 0 Å². The Labute approximate surface area is 109 Å². The van der Waals surface area contributed by atoms with Crippen LogP contribution in [0.25, 0.3) is 0 Å². The first-order chi connectivity index (χ1) is 9.02. The Morgan fingerprint density at radius 2 is 2.32 bits per heavy atom. The molecular weight excluding hydrogens is 248 g/mol. The van der Waals surface area contributed by atoms with Crippen LogP contribution in [0.3, 0.4) is 0 Å². The number of carbonyl (C=O) groups is 1. The normalized spacial score (nSPS) is 17.0. The molecule has 1 amide bonds. The monoisotopic (exact) mass is 264 g/mol. The van der Waals surface area contributed by atoms with Crippen molar-refractivity contribution in [1.29, 1.82) is 0 Å². The lowest BCUT2D eigenvalue weighted by molar-refractivity contribution is 0.0942. The summed E-state index contributed by atoms with van der Waals surface area (Å²) in [4.78, 5) is 23.5. The molecule has 4 N–H and O–H groups in total. The fraction of sp³-hybridized carbons (Fsp3) is 0.417. The number of aromatic nitrogens is 1. The third kappa shape index (κ3) is 2.93. The summed E-state index contributed by atoms with van der Waals surface area (Å²) in [6.07, 6.45) is 3.38. The molecule has 7 heteroatoms. The van der Waals surface area contributed by atoms with E-state index in [1.165, 1.54) is 16.8 Å². The Hall–Kier alpha value is -2.31. The summed E-state index contributed by atoms with van der Waals surface area (Å²) in [6, 6.07) is 2.32. The van der Waals surface area contributed by atoms with Crippen LogP contribution < -0.4 is 16.6 Å². The van der Waals surface area contributed by atoms with Gasteiger partial charge in [-0.05, 0) is 24.8 Å². The van der Waals surface area contributed by atoms with Crippen LogP contribution in [-0.4, -0.2) is 27.6 Å². The molecule has 1 aliphatic rings. The van der Waals surface area contributed by atoms with Gasteiger partial charge in [0, 0.05) is 24.9 Å². The number of pyridine rings is 1. The number of carbonyl (C=O) groups excluding carboxylic acids is 1. The van der Waals surface area contributed by atoms with Crippen LogP contribution in [0.1, 0.15) is 23.2 Å². The highest BCUT2D eigenvalue weighted by Crippen LogP contribution is 2.32. The number of oxime groups is 1. The largest absolute Gasteiger partial charge is 0.409 e. The number of nitrogens with two attached hydrogens (primary N) is 1. The summed E-state index contributed by atoms with van der Waals surface area (Å²) >= 11 is 0. The third-order valence-corrected chi connectivity index (χ3v) is 3.18. The van der Waals surface area contributed by atoms with E-state index in [9.17, 15) is 9.59 Å². The molecule has 0 aromatic carbocycles. The molecule has 0 aliphatic heterocycles. The zero-order valence-electron chi connectivity index (χ0n) is 10.5. The van der Waals surface area contributed by atoms with E-state index in [1.54, 1.807) is 13.1 Å². The van der Waals surface area contributed by atoms with E-state index in [0.717, 1.165) is 12.8 Å². The smallest absolute Gasteiger partial charge is 0.252 e. The van der Waals surface area contributed by atoms with Gasteiger partial charge in [-0.25, -0.2) is 0 Å². The number of nitrogens with one attached hydrogen (secondary N) is 1. The highest BCUT2D eigenvalue weighted by molar-refractivity contribution is 5.98.